The van der Waals surface area contributed by atoms with Gasteiger partial charge in [0, 0.05) is 66.3 Å². The summed E-state index contributed by atoms with van der Waals surface area (Å²) in [7, 11) is 0. The Morgan fingerprint density at radius 1 is 0.321 bits per heavy atom. The van der Waals surface area contributed by atoms with Crippen LogP contribution in [0.15, 0.2) is 164 Å². The molecule has 0 spiro atoms. The van der Waals surface area contributed by atoms with Gasteiger partial charge in [-0.25, -0.2) is 9.97 Å². The highest BCUT2D eigenvalue weighted by molar-refractivity contribution is 6.14. The SMILES string of the molecule is Cc1cc(C)nc(-c2ccc(-n3c4ccc(-n5c6ccccc6c6ccccc65)cc4c4cc(-n5c6ccccc6c6ccccc65)ccc43)cc2)n1. The predicted octanol–water partition coefficient (Wildman–Crippen LogP) is 12.1. The van der Waals surface area contributed by atoms with E-state index in [1.54, 1.807) is 0 Å². The van der Waals surface area contributed by atoms with Crippen molar-refractivity contribution in [2.75, 3.05) is 0 Å². The summed E-state index contributed by atoms with van der Waals surface area (Å²) in [5.41, 5.74) is 13.4. The highest BCUT2D eigenvalue weighted by Gasteiger charge is 2.19. The second-order valence-electron chi connectivity index (χ2n) is 14.0. The summed E-state index contributed by atoms with van der Waals surface area (Å²) >= 11 is 0. The fourth-order valence-corrected chi connectivity index (χ4v) is 8.57. The largest absolute Gasteiger partial charge is 0.309 e. The Hall–Kier alpha value is -6.98. The van der Waals surface area contributed by atoms with Gasteiger partial charge in [-0.1, -0.05) is 72.8 Å². The first-order valence-corrected chi connectivity index (χ1v) is 18.1. The summed E-state index contributed by atoms with van der Waals surface area (Å²) in [6, 6.07) is 59.4. The summed E-state index contributed by atoms with van der Waals surface area (Å²) in [4.78, 5) is 9.46. The molecule has 250 valence electrons. The zero-order chi connectivity index (χ0) is 35.2. The maximum Gasteiger partial charge on any atom is 0.159 e. The third-order valence-corrected chi connectivity index (χ3v) is 10.8. The van der Waals surface area contributed by atoms with Crippen LogP contribution < -0.4 is 0 Å². The van der Waals surface area contributed by atoms with Crippen molar-refractivity contribution in [1.29, 1.82) is 0 Å². The standard InChI is InChI=1S/C48H33N5/c1-30-27-31(2)50-48(49-30)32-19-21-33(22-20-32)51-46-25-23-34(52-42-15-7-3-11-36(42)37-12-4-8-16-43(37)52)28-40(46)41-29-35(24-26-47(41)51)53-44-17-9-5-13-38(44)39-14-6-10-18-45(39)53/h3-29H,1-2H3. The van der Waals surface area contributed by atoms with Crippen molar-refractivity contribution in [2.45, 2.75) is 13.8 Å². The van der Waals surface area contributed by atoms with Crippen LogP contribution in [0.25, 0.3) is 93.9 Å². The lowest BCUT2D eigenvalue weighted by molar-refractivity contribution is 1.06. The summed E-state index contributed by atoms with van der Waals surface area (Å²) in [6.07, 6.45) is 0. The number of fused-ring (bicyclic) bond motifs is 9. The van der Waals surface area contributed by atoms with Gasteiger partial charge in [-0.15, -0.1) is 0 Å². The average Bonchev–Trinajstić information content (AvgIpc) is 3.83. The van der Waals surface area contributed by atoms with Crippen LogP contribution in [0.5, 0.6) is 0 Å². The normalized spacial score (nSPS) is 12.0. The molecule has 0 radical (unpaired) electrons. The highest BCUT2D eigenvalue weighted by Crippen LogP contribution is 2.39. The van der Waals surface area contributed by atoms with Gasteiger partial charge < -0.3 is 13.7 Å². The number of para-hydroxylation sites is 4. The monoisotopic (exact) mass is 679 g/mol. The van der Waals surface area contributed by atoms with E-state index >= 15 is 0 Å². The number of benzene rings is 7. The van der Waals surface area contributed by atoms with Gasteiger partial charge in [0.1, 0.15) is 0 Å². The predicted molar refractivity (Wildman–Crippen MR) is 220 cm³/mol. The Labute approximate surface area is 305 Å². The van der Waals surface area contributed by atoms with E-state index in [1.165, 1.54) is 54.4 Å². The van der Waals surface area contributed by atoms with Crippen LogP contribution in [0, 0.1) is 13.8 Å². The molecule has 0 amide bonds. The number of aryl methyl sites for hydroxylation is 2. The zero-order valence-electron chi connectivity index (χ0n) is 29.3. The van der Waals surface area contributed by atoms with Crippen molar-refractivity contribution < 1.29 is 0 Å². The zero-order valence-corrected chi connectivity index (χ0v) is 29.3. The van der Waals surface area contributed by atoms with E-state index in [-0.39, 0.29) is 0 Å². The van der Waals surface area contributed by atoms with E-state index in [0.29, 0.717) is 0 Å². The van der Waals surface area contributed by atoms with Gasteiger partial charge in [-0.2, -0.15) is 0 Å². The van der Waals surface area contributed by atoms with Crippen molar-refractivity contribution in [2.24, 2.45) is 0 Å². The molecule has 0 atom stereocenters. The second kappa shape index (κ2) is 11.3. The third-order valence-electron chi connectivity index (χ3n) is 10.8. The molecule has 11 rings (SSSR count). The molecule has 11 aromatic rings. The van der Waals surface area contributed by atoms with E-state index in [1.807, 2.05) is 19.9 Å². The van der Waals surface area contributed by atoms with Crippen LogP contribution in [0.1, 0.15) is 11.4 Å². The highest BCUT2D eigenvalue weighted by atomic mass is 15.0. The molecule has 53 heavy (non-hydrogen) atoms. The number of nitrogens with zero attached hydrogens (tertiary/aromatic N) is 5. The topological polar surface area (TPSA) is 40.6 Å². The minimum Gasteiger partial charge on any atom is -0.309 e. The molecule has 0 aliphatic carbocycles. The molecule has 0 N–H and O–H groups in total. The summed E-state index contributed by atoms with van der Waals surface area (Å²) in [6.45, 7) is 4.04. The first-order chi connectivity index (χ1) is 26.1. The molecular formula is C48H33N5. The molecule has 5 heteroatoms. The van der Waals surface area contributed by atoms with E-state index in [4.69, 9.17) is 9.97 Å². The van der Waals surface area contributed by atoms with E-state index in [0.717, 1.165) is 50.9 Å². The molecule has 0 bridgehead atoms. The first kappa shape index (κ1) is 29.7. The number of hydrogen-bond donors (Lipinski definition) is 0. The molecule has 0 saturated heterocycles. The second-order valence-corrected chi connectivity index (χ2v) is 14.0. The maximum absolute atomic E-state index is 4.73. The molecule has 0 aliphatic heterocycles. The van der Waals surface area contributed by atoms with Crippen LogP contribution in [0.3, 0.4) is 0 Å². The first-order valence-electron chi connectivity index (χ1n) is 18.1. The van der Waals surface area contributed by atoms with Gasteiger partial charge in [0.25, 0.3) is 0 Å². The minimum absolute atomic E-state index is 0.753. The summed E-state index contributed by atoms with van der Waals surface area (Å²) in [5, 5.41) is 7.42. The molecule has 0 saturated carbocycles. The quantitative estimate of drug-likeness (QED) is 0.186. The van der Waals surface area contributed by atoms with Crippen LogP contribution >= 0.6 is 0 Å². The smallest absolute Gasteiger partial charge is 0.159 e. The number of aromatic nitrogens is 5. The maximum atomic E-state index is 4.73. The van der Waals surface area contributed by atoms with Crippen molar-refractivity contribution in [1.82, 2.24) is 23.7 Å². The fourth-order valence-electron chi connectivity index (χ4n) is 8.57. The van der Waals surface area contributed by atoms with E-state index in [2.05, 4.69) is 171 Å². The van der Waals surface area contributed by atoms with Crippen LogP contribution in [0.2, 0.25) is 0 Å². The van der Waals surface area contributed by atoms with Crippen LogP contribution in [0.4, 0.5) is 0 Å². The van der Waals surface area contributed by atoms with Gasteiger partial charge in [-0.3, -0.25) is 0 Å². The Morgan fingerprint density at radius 2 is 0.660 bits per heavy atom. The molecule has 0 aliphatic rings. The minimum atomic E-state index is 0.753. The van der Waals surface area contributed by atoms with Gasteiger partial charge >= 0.3 is 0 Å². The average molecular weight is 680 g/mol. The Morgan fingerprint density at radius 3 is 1.08 bits per heavy atom. The van der Waals surface area contributed by atoms with Gasteiger partial charge in [0.05, 0.1) is 33.1 Å². The van der Waals surface area contributed by atoms with E-state index < -0.39 is 0 Å². The number of hydrogen-bond acceptors (Lipinski definition) is 2. The molecule has 0 unspecified atom stereocenters. The van der Waals surface area contributed by atoms with Crippen molar-refractivity contribution in [3.05, 3.63) is 175 Å². The van der Waals surface area contributed by atoms with Crippen molar-refractivity contribution in [3.63, 3.8) is 0 Å². The lowest BCUT2D eigenvalue weighted by Crippen LogP contribution is -1.97. The fraction of sp³-hybridized carbons (Fsp3) is 0.0417. The lowest BCUT2D eigenvalue weighted by atomic mass is 10.1. The van der Waals surface area contributed by atoms with Crippen molar-refractivity contribution >= 4 is 65.4 Å². The molecule has 4 heterocycles. The Bertz CT molecular complexity index is 2950. The van der Waals surface area contributed by atoms with Crippen LogP contribution in [-0.4, -0.2) is 23.7 Å². The van der Waals surface area contributed by atoms with Gasteiger partial charge in [0.15, 0.2) is 5.82 Å². The van der Waals surface area contributed by atoms with Gasteiger partial charge in [-0.05, 0) is 105 Å². The third kappa shape index (κ3) is 4.44. The molecule has 5 nitrogen and oxygen atoms in total. The lowest BCUT2D eigenvalue weighted by Gasteiger charge is -2.11. The summed E-state index contributed by atoms with van der Waals surface area (Å²) in [5.74, 6) is 0.753. The van der Waals surface area contributed by atoms with E-state index in [9.17, 15) is 0 Å². The Balaban J connectivity index is 1.18. The van der Waals surface area contributed by atoms with Crippen LogP contribution in [-0.2, 0) is 0 Å². The van der Waals surface area contributed by atoms with Crippen molar-refractivity contribution in [3.8, 4) is 28.5 Å². The summed E-state index contributed by atoms with van der Waals surface area (Å²) < 4.78 is 7.20. The molecule has 7 aromatic carbocycles. The molecular weight excluding hydrogens is 647 g/mol. The number of rotatable bonds is 4. The Kier molecular flexibility index (Phi) is 6.31. The molecule has 4 aromatic heterocycles. The molecule has 0 fully saturated rings. The van der Waals surface area contributed by atoms with Gasteiger partial charge in [0.2, 0.25) is 0 Å².